The molecule has 8 heteroatoms. The highest BCUT2D eigenvalue weighted by molar-refractivity contribution is 5.97. The second-order valence-corrected chi connectivity index (χ2v) is 7.64. The molecule has 2 aromatic heterocycles. The van der Waals surface area contributed by atoms with E-state index in [1.807, 2.05) is 20.8 Å². The van der Waals surface area contributed by atoms with Gasteiger partial charge >= 0.3 is 0 Å². The number of aryl methyl sites for hydroxylation is 1. The van der Waals surface area contributed by atoms with Crippen molar-refractivity contribution >= 4 is 28.4 Å². The fourth-order valence-electron chi connectivity index (χ4n) is 2.86. The van der Waals surface area contributed by atoms with E-state index in [4.69, 9.17) is 0 Å². The fraction of sp³-hybridized carbons (Fsp3) is 0.350. The first-order chi connectivity index (χ1) is 13.2. The molecule has 1 amide bonds. The van der Waals surface area contributed by atoms with E-state index in [0.29, 0.717) is 22.3 Å². The van der Waals surface area contributed by atoms with Crippen LogP contribution in [0.4, 0.5) is 5.69 Å². The Labute approximate surface area is 162 Å². The lowest BCUT2D eigenvalue weighted by Crippen LogP contribution is -2.26. The number of carbonyl (C=O) groups is 2. The normalized spacial score (nSPS) is 11.6. The molecule has 1 aromatic carbocycles. The van der Waals surface area contributed by atoms with Crippen LogP contribution in [-0.2, 0) is 16.9 Å². The summed E-state index contributed by atoms with van der Waals surface area (Å²) in [4.78, 5) is 40.7. The summed E-state index contributed by atoms with van der Waals surface area (Å²) in [7, 11) is 0. The predicted molar refractivity (Wildman–Crippen MR) is 106 cm³/mol. The van der Waals surface area contributed by atoms with E-state index in [2.05, 4.69) is 15.4 Å². The maximum absolute atomic E-state index is 12.7. The highest BCUT2D eigenvalue weighted by Crippen LogP contribution is 2.17. The van der Waals surface area contributed by atoms with Gasteiger partial charge in [-0.25, -0.2) is 9.67 Å². The Balaban J connectivity index is 1.72. The van der Waals surface area contributed by atoms with Crippen molar-refractivity contribution in [2.75, 3.05) is 5.32 Å². The number of rotatable bonds is 5. The number of fused-ring (bicyclic) bond motifs is 1. The zero-order valence-corrected chi connectivity index (χ0v) is 16.4. The Morgan fingerprint density at radius 2 is 1.96 bits per heavy atom. The van der Waals surface area contributed by atoms with Crippen LogP contribution in [-0.4, -0.2) is 31.0 Å². The lowest BCUT2D eigenvalue weighted by Gasteiger charge is -2.19. The van der Waals surface area contributed by atoms with E-state index in [9.17, 15) is 14.4 Å². The minimum Gasteiger partial charge on any atom is -0.326 e. The molecule has 28 heavy (non-hydrogen) atoms. The predicted octanol–water partition coefficient (Wildman–Crippen LogP) is 2.58. The van der Waals surface area contributed by atoms with Crippen molar-refractivity contribution in [3.63, 3.8) is 0 Å². The van der Waals surface area contributed by atoms with Crippen molar-refractivity contribution in [1.82, 2.24) is 19.3 Å². The number of ketones is 1. The molecule has 0 aliphatic carbocycles. The summed E-state index contributed by atoms with van der Waals surface area (Å²) in [5.41, 5.74) is 1.08. The number of hydrogen-bond donors (Lipinski definition) is 1. The molecule has 0 aliphatic rings. The number of Topliss-reactive ketones (excluding diaryl/α,β-unsaturated/α-hetero) is 1. The quantitative estimate of drug-likeness (QED) is 0.685. The molecule has 146 valence electrons. The van der Waals surface area contributed by atoms with Gasteiger partial charge < -0.3 is 5.32 Å². The Morgan fingerprint density at radius 1 is 1.21 bits per heavy atom. The van der Waals surface area contributed by atoms with Gasteiger partial charge in [0.05, 0.1) is 18.1 Å². The summed E-state index contributed by atoms with van der Waals surface area (Å²) in [5, 5.41) is 7.44. The molecule has 0 fully saturated rings. The van der Waals surface area contributed by atoms with Gasteiger partial charge in [0, 0.05) is 24.2 Å². The van der Waals surface area contributed by atoms with Gasteiger partial charge in [-0.3, -0.25) is 19.0 Å². The summed E-state index contributed by atoms with van der Waals surface area (Å²) in [6, 6.07) is 6.74. The number of nitrogens with one attached hydrogen (secondary N) is 1. The number of benzene rings is 1. The number of aromatic nitrogens is 4. The molecule has 0 spiro atoms. The number of hydrogen-bond acceptors (Lipinski definition) is 5. The molecule has 2 heterocycles. The smallest absolute Gasteiger partial charge is 0.264 e. The summed E-state index contributed by atoms with van der Waals surface area (Å²) in [6.45, 7) is 7.62. The molecule has 1 N–H and O–H groups in total. The maximum Gasteiger partial charge on any atom is 0.264 e. The lowest BCUT2D eigenvalue weighted by molar-refractivity contribution is -0.116. The molecule has 0 saturated carbocycles. The molecular weight excluding hydrogens is 358 g/mol. The van der Waals surface area contributed by atoms with Gasteiger partial charge in [0.15, 0.2) is 11.4 Å². The molecule has 0 saturated heterocycles. The summed E-state index contributed by atoms with van der Waals surface area (Å²) >= 11 is 0. The highest BCUT2D eigenvalue weighted by Gasteiger charge is 2.19. The molecule has 0 radical (unpaired) electrons. The van der Waals surface area contributed by atoms with Crippen molar-refractivity contribution in [2.45, 2.75) is 46.2 Å². The minimum absolute atomic E-state index is 0.0715. The average molecular weight is 381 g/mol. The zero-order chi connectivity index (χ0) is 20.5. The van der Waals surface area contributed by atoms with Crippen LogP contribution in [0.1, 0.15) is 44.5 Å². The van der Waals surface area contributed by atoms with Crippen molar-refractivity contribution in [3.05, 3.63) is 52.7 Å². The van der Waals surface area contributed by atoms with Crippen LogP contribution >= 0.6 is 0 Å². The highest BCUT2D eigenvalue weighted by atomic mass is 16.2. The van der Waals surface area contributed by atoms with Crippen molar-refractivity contribution < 1.29 is 9.59 Å². The first kappa shape index (κ1) is 19.5. The number of carbonyl (C=O) groups excluding carboxylic acids is 2. The monoisotopic (exact) mass is 381 g/mol. The third-order valence-corrected chi connectivity index (χ3v) is 4.32. The second-order valence-electron chi connectivity index (χ2n) is 7.64. The average Bonchev–Trinajstić information content (AvgIpc) is 3.06. The van der Waals surface area contributed by atoms with E-state index in [1.165, 1.54) is 24.0 Å². The van der Waals surface area contributed by atoms with Gasteiger partial charge in [0.2, 0.25) is 5.91 Å². The van der Waals surface area contributed by atoms with Crippen LogP contribution in [0.2, 0.25) is 0 Å². The third kappa shape index (κ3) is 4.00. The Morgan fingerprint density at radius 3 is 2.64 bits per heavy atom. The summed E-state index contributed by atoms with van der Waals surface area (Å²) < 4.78 is 3.12. The van der Waals surface area contributed by atoms with Gasteiger partial charge in [-0.2, -0.15) is 5.10 Å². The van der Waals surface area contributed by atoms with E-state index >= 15 is 0 Å². The molecule has 8 nitrogen and oxygen atoms in total. The topological polar surface area (TPSA) is 98.9 Å². The Hall–Kier alpha value is -3.29. The van der Waals surface area contributed by atoms with Crippen LogP contribution < -0.4 is 10.9 Å². The van der Waals surface area contributed by atoms with Crippen molar-refractivity contribution in [1.29, 1.82) is 0 Å². The summed E-state index contributed by atoms with van der Waals surface area (Å²) in [6.07, 6.45) is 3.06. The van der Waals surface area contributed by atoms with E-state index in [0.717, 1.165) is 0 Å². The minimum atomic E-state index is -0.290. The van der Waals surface area contributed by atoms with Crippen LogP contribution in [0, 0.1) is 0 Å². The van der Waals surface area contributed by atoms with E-state index in [1.54, 1.807) is 28.9 Å². The first-order valence-corrected chi connectivity index (χ1v) is 9.01. The van der Waals surface area contributed by atoms with Gasteiger partial charge in [-0.1, -0.05) is 12.1 Å². The molecular formula is C20H23N5O3. The molecule has 3 rings (SSSR count). The van der Waals surface area contributed by atoms with Gasteiger partial charge in [0.25, 0.3) is 5.56 Å². The second kappa shape index (κ2) is 7.38. The van der Waals surface area contributed by atoms with Gasteiger partial charge in [-0.15, -0.1) is 0 Å². The number of nitrogens with zero attached hydrogens (tertiary/aromatic N) is 4. The van der Waals surface area contributed by atoms with Crippen LogP contribution in [0.3, 0.4) is 0 Å². The fourth-order valence-corrected chi connectivity index (χ4v) is 2.86. The molecule has 0 bridgehead atoms. The number of amides is 1. The molecule has 3 aromatic rings. The Bertz CT molecular complexity index is 1100. The van der Waals surface area contributed by atoms with Crippen LogP contribution in [0.25, 0.3) is 11.0 Å². The van der Waals surface area contributed by atoms with Crippen molar-refractivity contribution in [2.24, 2.45) is 0 Å². The molecule has 0 aliphatic heterocycles. The van der Waals surface area contributed by atoms with Crippen LogP contribution in [0.5, 0.6) is 0 Å². The molecule has 0 atom stereocenters. The maximum atomic E-state index is 12.7. The van der Waals surface area contributed by atoms with Crippen molar-refractivity contribution in [3.8, 4) is 0 Å². The van der Waals surface area contributed by atoms with E-state index in [-0.39, 0.29) is 35.8 Å². The number of anilines is 1. The van der Waals surface area contributed by atoms with Gasteiger partial charge in [-0.05, 0) is 39.8 Å². The van der Waals surface area contributed by atoms with Gasteiger partial charge in [0.1, 0.15) is 5.39 Å². The van der Waals surface area contributed by atoms with Crippen LogP contribution in [0.15, 0.2) is 41.6 Å². The van der Waals surface area contributed by atoms with E-state index < -0.39 is 0 Å². The largest absolute Gasteiger partial charge is 0.326 e. The third-order valence-electron chi connectivity index (χ3n) is 4.32. The zero-order valence-electron chi connectivity index (χ0n) is 16.4. The lowest BCUT2D eigenvalue weighted by atomic mass is 10.1. The standard InChI is InChI=1S/C20H23N5O3/c1-13(26)14-6-5-7-15(10-14)23-17(27)8-9-24-12-21-18-16(19(24)28)11-22-25(18)20(2,3)4/h5-7,10-12H,8-9H2,1-4H3,(H,23,27). The first-order valence-electron chi connectivity index (χ1n) is 9.01. The SMILES string of the molecule is CC(=O)c1cccc(NC(=O)CCn2cnc3c(cnn3C(C)(C)C)c2=O)c1. The Kier molecular flexibility index (Phi) is 5.13. The molecule has 0 unspecified atom stereocenters. The summed E-state index contributed by atoms with van der Waals surface area (Å²) in [5.74, 6) is -0.323.